The van der Waals surface area contributed by atoms with E-state index >= 15 is 0 Å². The Morgan fingerprint density at radius 2 is 2.17 bits per heavy atom. The van der Waals surface area contributed by atoms with Crippen molar-refractivity contribution in [3.05, 3.63) is 30.5 Å². The Kier molecular flexibility index (Phi) is 1.58. The first-order valence-corrected chi connectivity index (χ1v) is 5.60. The lowest BCUT2D eigenvalue weighted by atomic mass is 10.0. The van der Waals surface area contributed by atoms with Crippen molar-refractivity contribution >= 4 is 10.9 Å². The summed E-state index contributed by atoms with van der Waals surface area (Å²) in [6, 6.07) is 6.70. The largest absolute Gasteiger partial charge is 0.497 e. The van der Waals surface area contributed by atoms with Crippen molar-refractivity contribution in [1.82, 2.24) is 9.47 Å². The Morgan fingerprint density at radius 1 is 1.39 bits per heavy atom. The predicted molar refractivity (Wildman–Crippen MR) is 76.3 cm³/mol. The maximum Gasteiger partial charge on any atom is 0.119 e. The van der Waals surface area contributed by atoms with Crippen molar-refractivity contribution in [3.8, 4) is 5.75 Å². The van der Waals surface area contributed by atoms with E-state index in [1.807, 2.05) is 0 Å². The number of fused-ring (bicyclic) bond motifs is 1. The molecule has 98 valence electrons. The first-order chi connectivity index (χ1) is 11.6. The van der Waals surface area contributed by atoms with Crippen LogP contribution in [0.3, 0.4) is 0 Å². The first-order valence-electron chi connectivity index (χ1n) is 9.60. The highest BCUT2D eigenvalue weighted by molar-refractivity contribution is 5.81. The highest BCUT2D eigenvalue weighted by atomic mass is 16.5. The number of hydrogen-bond donors (Lipinski definition) is 0. The van der Waals surface area contributed by atoms with Crippen molar-refractivity contribution in [2.45, 2.75) is 25.9 Å². The van der Waals surface area contributed by atoms with E-state index in [2.05, 4.69) is 0 Å². The highest BCUT2D eigenvalue weighted by Crippen LogP contribution is 2.24. The molecule has 0 aliphatic carbocycles. The van der Waals surface area contributed by atoms with Crippen molar-refractivity contribution in [2.24, 2.45) is 0 Å². The second-order valence-electron chi connectivity index (χ2n) is 4.62. The van der Waals surface area contributed by atoms with Crippen molar-refractivity contribution < 1.29 is 15.7 Å². The number of ether oxygens (including phenoxy) is 1. The molecule has 0 bridgehead atoms. The Morgan fingerprint density at radius 3 is 2.83 bits per heavy atom. The average molecular weight is 254 g/mol. The number of aromatic nitrogens is 1. The molecule has 3 nitrogen and oxygen atoms in total. The number of nitrogens with zero attached hydrogens (tertiary/aromatic N) is 2. The van der Waals surface area contributed by atoms with Crippen molar-refractivity contribution in [2.75, 3.05) is 21.1 Å². The normalized spacial score (nSPS) is 21.1. The van der Waals surface area contributed by atoms with Crippen molar-refractivity contribution in [3.63, 3.8) is 0 Å². The Labute approximate surface area is 120 Å². The Balaban J connectivity index is 2.64. The number of methoxy groups -OCH3 is 1. The van der Waals surface area contributed by atoms with Crippen LogP contribution in [0.5, 0.6) is 5.75 Å². The van der Waals surface area contributed by atoms with Gasteiger partial charge in [-0.05, 0) is 52.1 Å². The fourth-order valence-corrected chi connectivity index (χ4v) is 1.69. The molecule has 0 spiro atoms. The molecule has 0 aliphatic heterocycles. The molecule has 0 unspecified atom stereocenters. The molecule has 18 heavy (non-hydrogen) atoms. The molecule has 0 saturated heterocycles. The van der Waals surface area contributed by atoms with Gasteiger partial charge >= 0.3 is 0 Å². The summed E-state index contributed by atoms with van der Waals surface area (Å²) in [5, 5.41) is 0.693. The predicted octanol–water partition coefficient (Wildman–Crippen LogP) is 2.99. The molecular formula is C15H22N2O. The summed E-state index contributed by atoms with van der Waals surface area (Å²) >= 11 is 0. The molecule has 0 aliphatic rings. The van der Waals surface area contributed by atoms with E-state index in [0.29, 0.717) is 16.7 Å². The van der Waals surface area contributed by atoms with Gasteiger partial charge in [-0.15, -0.1) is 0 Å². The Hall–Kier alpha value is -1.48. The summed E-state index contributed by atoms with van der Waals surface area (Å²) < 4.78 is 69.4. The van der Waals surface area contributed by atoms with Crippen LogP contribution in [0.2, 0.25) is 0 Å². The van der Waals surface area contributed by atoms with Gasteiger partial charge in [0, 0.05) is 37.4 Å². The van der Waals surface area contributed by atoms with Crippen LogP contribution in [0.1, 0.15) is 24.8 Å². The third-order valence-electron chi connectivity index (χ3n) is 2.85. The summed E-state index contributed by atoms with van der Waals surface area (Å²) in [5.41, 5.74) is -1.38. The lowest BCUT2D eigenvalue weighted by Gasteiger charge is -2.33. The van der Waals surface area contributed by atoms with Gasteiger partial charge in [0.15, 0.2) is 0 Å². The molecule has 2 aromatic rings. The average Bonchev–Trinajstić information content (AvgIpc) is 2.86. The van der Waals surface area contributed by atoms with Gasteiger partial charge in [0.1, 0.15) is 5.75 Å². The summed E-state index contributed by atoms with van der Waals surface area (Å²) in [4.78, 5) is 0.280. The summed E-state index contributed by atoms with van der Waals surface area (Å²) in [6.45, 7) is -5.79. The van der Waals surface area contributed by atoms with E-state index in [9.17, 15) is 0 Å². The zero-order chi connectivity index (χ0) is 20.1. The number of hydrogen-bond acceptors (Lipinski definition) is 2. The molecular weight excluding hydrogens is 224 g/mol. The molecule has 1 heterocycles. The van der Waals surface area contributed by atoms with Crippen LogP contribution in [0.4, 0.5) is 0 Å². The Bertz CT molecular complexity index is 777. The topological polar surface area (TPSA) is 17.4 Å². The van der Waals surface area contributed by atoms with Gasteiger partial charge in [-0.2, -0.15) is 0 Å². The minimum absolute atomic E-state index is 0.280. The number of benzene rings is 1. The standard InChI is InChI=1S/C15H22N2O/c1-15(2,16(3)4)11-17-9-8-12-10-13(18-5)6-7-14(12)17/h6-10H,11H2,1-5H3/i3D3,4D3,11D2. The van der Waals surface area contributed by atoms with Crippen LogP contribution in [-0.4, -0.2) is 36.1 Å². The molecule has 0 N–H and O–H groups in total. The van der Waals surface area contributed by atoms with E-state index in [-0.39, 0.29) is 4.90 Å². The zero-order valence-corrected chi connectivity index (χ0v) is 10.7. The number of likely N-dealkylation sites (N-methyl/N-ethyl adjacent to an activating group) is 1. The monoisotopic (exact) mass is 254 g/mol. The fourth-order valence-electron chi connectivity index (χ4n) is 1.69. The molecule has 1 aromatic heterocycles. The molecule has 2 rings (SSSR count). The molecule has 0 radical (unpaired) electrons. The molecule has 0 atom stereocenters. The maximum atomic E-state index is 8.61. The van der Waals surface area contributed by atoms with Gasteiger partial charge in [-0.3, -0.25) is 0 Å². The van der Waals surface area contributed by atoms with Gasteiger partial charge in [0.05, 0.1) is 9.85 Å². The second kappa shape index (κ2) is 4.65. The van der Waals surface area contributed by atoms with E-state index in [1.54, 1.807) is 24.3 Å². The summed E-state index contributed by atoms with van der Waals surface area (Å²) in [6.07, 6.45) is 1.48. The van der Waals surface area contributed by atoms with Crippen LogP contribution in [-0.2, 0) is 6.50 Å². The van der Waals surface area contributed by atoms with Gasteiger partial charge in [-0.1, -0.05) is 0 Å². The van der Waals surface area contributed by atoms with Crippen molar-refractivity contribution in [1.29, 1.82) is 0 Å². The second-order valence-corrected chi connectivity index (χ2v) is 4.62. The van der Waals surface area contributed by atoms with Crippen LogP contribution in [0, 0.1) is 0 Å². The van der Waals surface area contributed by atoms with Crippen LogP contribution in [0.15, 0.2) is 30.5 Å². The molecule has 1 aromatic carbocycles. The van der Waals surface area contributed by atoms with Gasteiger partial charge in [0.25, 0.3) is 0 Å². The van der Waals surface area contributed by atoms with Gasteiger partial charge in [-0.25, -0.2) is 0 Å². The van der Waals surface area contributed by atoms with Crippen LogP contribution >= 0.6 is 0 Å². The molecule has 3 heteroatoms. The minimum Gasteiger partial charge on any atom is -0.497 e. The lowest BCUT2D eigenvalue weighted by Crippen LogP contribution is -2.41. The van der Waals surface area contributed by atoms with E-state index in [1.165, 1.54) is 31.7 Å². The number of rotatable bonds is 4. The third-order valence-corrected chi connectivity index (χ3v) is 2.85. The van der Waals surface area contributed by atoms with E-state index < -0.39 is 26.0 Å². The molecule has 0 amide bonds. The molecule has 0 fully saturated rings. The SMILES string of the molecule is [2H]C([2H])([2H])N(C([2H])([2H])[2H])C(C)(C)C([2H])([2H])n1ccc2cc(OC)ccc21. The van der Waals surface area contributed by atoms with Gasteiger partial charge in [0.2, 0.25) is 0 Å². The smallest absolute Gasteiger partial charge is 0.119 e. The van der Waals surface area contributed by atoms with E-state index in [0.717, 1.165) is 0 Å². The zero-order valence-electron chi connectivity index (χ0n) is 18.7. The van der Waals surface area contributed by atoms with E-state index in [4.69, 9.17) is 15.7 Å². The van der Waals surface area contributed by atoms with Crippen LogP contribution < -0.4 is 4.74 Å². The van der Waals surface area contributed by atoms with Crippen LogP contribution in [0.25, 0.3) is 10.9 Å². The fraction of sp³-hybridized carbons (Fsp3) is 0.467. The van der Waals surface area contributed by atoms with Gasteiger partial charge < -0.3 is 14.2 Å². The third kappa shape index (κ3) is 2.36. The highest BCUT2D eigenvalue weighted by Gasteiger charge is 2.21. The summed E-state index contributed by atoms with van der Waals surface area (Å²) in [7, 11) is 1.52. The maximum absolute atomic E-state index is 8.61. The lowest BCUT2D eigenvalue weighted by molar-refractivity contribution is 0.171. The summed E-state index contributed by atoms with van der Waals surface area (Å²) in [5.74, 6) is 0.599. The quantitative estimate of drug-likeness (QED) is 0.834. The first kappa shape index (κ1) is 6.11. The molecule has 0 saturated carbocycles. The minimum atomic E-state index is -3.01.